The number of ether oxygens (including phenoxy) is 5. The van der Waals surface area contributed by atoms with Crippen LogP contribution in [0.4, 0.5) is 0 Å². The van der Waals surface area contributed by atoms with Crippen molar-refractivity contribution in [2.45, 2.75) is 167 Å². The van der Waals surface area contributed by atoms with Gasteiger partial charge in [0.25, 0.3) is 0 Å². The number of hydrogen-bond donors (Lipinski definition) is 2. The molecule has 3 heterocycles. The Morgan fingerprint density at radius 2 is 1.54 bits per heavy atom. The first kappa shape index (κ1) is 34.3. The van der Waals surface area contributed by atoms with E-state index in [9.17, 15) is 15.0 Å². The van der Waals surface area contributed by atoms with Crippen LogP contribution in [0.25, 0.3) is 0 Å². The SMILES string of the molecule is C[C@H]1C(OCCO[C@@H]2CC[C@]3(C)C4CC[C@@]5(C)C(CC[C@@H]5CCCC(=O)O)C4C[C@H](O)C3C2)OC2O[C@@]3(C)CCC4[C@H](C)CCC1C24O3. The molecule has 1 spiro atoms. The summed E-state index contributed by atoms with van der Waals surface area (Å²) >= 11 is 0. The van der Waals surface area contributed by atoms with E-state index >= 15 is 0 Å². The minimum atomic E-state index is -0.673. The standard InChI is InChI=1S/C40H64O8/c1-23-9-11-29-24(2)35(46-36-40(29)28(23)15-18-39(5,47-36)48-40)45-20-19-44-26-13-16-38(4)31-14-17-37(3)25(7-6-8-34(42)43)10-12-30(37)27(31)22-33(41)32(38)21-26/h23-33,35-36,41H,6-22H2,1-5H3,(H,42,43)/t23-,24-,25+,26-,27?,28?,29?,30?,31?,32?,33+,35?,36?,37-,38-,39-,40?/m1/s1. The maximum absolute atomic E-state index is 11.7. The van der Waals surface area contributed by atoms with Crippen molar-refractivity contribution in [2.24, 2.45) is 64.1 Å². The summed E-state index contributed by atoms with van der Waals surface area (Å²) < 4.78 is 32.9. The molecule has 17 atom stereocenters. The van der Waals surface area contributed by atoms with Crippen molar-refractivity contribution in [3.05, 3.63) is 0 Å². The predicted molar refractivity (Wildman–Crippen MR) is 180 cm³/mol. The molecule has 8 heteroatoms. The normalized spacial score (nSPS) is 55.3. The van der Waals surface area contributed by atoms with Gasteiger partial charge in [-0.05, 0) is 143 Å². The molecule has 8 rings (SSSR count). The number of rotatable bonds is 9. The summed E-state index contributed by atoms with van der Waals surface area (Å²) in [4.78, 5) is 11.2. The lowest BCUT2D eigenvalue weighted by atomic mass is 9.44. The lowest BCUT2D eigenvalue weighted by molar-refractivity contribution is -0.338. The maximum atomic E-state index is 11.7. The van der Waals surface area contributed by atoms with E-state index in [-0.39, 0.29) is 54.1 Å². The zero-order valence-electron chi connectivity index (χ0n) is 30.4. The molecule has 0 aromatic heterocycles. The highest BCUT2D eigenvalue weighted by Crippen LogP contribution is 2.68. The van der Waals surface area contributed by atoms with E-state index in [1.165, 1.54) is 32.1 Å². The van der Waals surface area contributed by atoms with Gasteiger partial charge in [0.15, 0.2) is 18.4 Å². The molecule has 2 N–H and O–H groups in total. The predicted octanol–water partition coefficient (Wildman–Crippen LogP) is 7.55. The summed E-state index contributed by atoms with van der Waals surface area (Å²) in [5.74, 6) is 3.33. The van der Waals surface area contributed by atoms with Crippen molar-refractivity contribution in [3.8, 4) is 0 Å². The van der Waals surface area contributed by atoms with Crippen LogP contribution in [0.3, 0.4) is 0 Å². The van der Waals surface area contributed by atoms with Crippen molar-refractivity contribution in [1.29, 1.82) is 0 Å². The molecular weight excluding hydrogens is 608 g/mol. The van der Waals surface area contributed by atoms with E-state index in [1.807, 2.05) is 0 Å². The number of carbonyl (C=O) groups is 1. The summed E-state index contributed by atoms with van der Waals surface area (Å²) in [7, 11) is 0. The smallest absolute Gasteiger partial charge is 0.303 e. The highest BCUT2D eigenvalue weighted by Gasteiger charge is 2.71. The van der Waals surface area contributed by atoms with Gasteiger partial charge in [-0.3, -0.25) is 4.79 Å². The van der Waals surface area contributed by atoms with Crippen LogP contribution in [0.5, 0.6) is 0 Å². The van der Waals surface area contributed by atoms with E-state index in [4.69, 9.17) is 23.7 Å². The van der Waals surface area contributed by atoms with Crippen LogP contribution >= 0.6 is 0 Å². The van der Waals surface area contributed by atoms with E-state index < -0.39 is 11.8 Å². The fourth-order valence-corrected chi connectivity index (χ4v) is 14.2. The molecule has 3 aliphatic heterocycles. The second-order valence-corrected chi connectivity index (χ2v) is 18.7. The first-order valence-corrected chi connectivity index (χ1v) is 20.0. The molecule has 5 saturated carbocycles. The van der Waals surface area contributed by atoms with Gasteiger partial charge in [0.05, 0.1) is 25.4 Å². The molecular formula is C40H64O8. The Balaban J connectivity index is 0.848. The van der Waals surface area contributed by atoms with Gasteiger partial charge in [0.2, 0.25) is 0 Å². The number of aliphatic hydroxyl groups excluding tert-OH is 1. The van der Waals surface area contributed by atoms with Crippen LogP contribution in [-0.2, 0) is 28.5 Å². The van der Waals surface area contributed by atoms with E-state index in [0.29, 0.717) is 60.1 Å². The molecule has 8 nitrogen and oxygen atoms in total. The number of aliphatic carboxylic acids is 1. The molecule has 8 fully saturated rings. The van der Waals surface area contributed by atoms with Crippen molar-refractivity contribution in [1.82, 2.24) is 0 Å². The average Bonchev–Trinajstić information content (AvgIpc) is 3.48. The van der Waals surface area contributed by atoms with Gasteiger partial charge in [-0.15, -0.1) is 0 Å². The number of carboxylic acids is 1. The van der Waals surface area contributed by atoms with Crippen molar-refractivity contribution >= 4 is 5.97 Å². The van der Waals surface area contributed by atoms with E-state index in [2.05, 4.69) is 34.6 Å². The Bertz CT molecular complexity index is 1210. The van der Waals surface area contributed by atoms with Crippen LogP contribution in [-0.4, -0.2) is 65.6 Å². The molecule has 5 aliphatic carbocycles. The van der Waals surface area contributed by atoms with Crippen LogP contribution in [0.2, 0.25) is 0 Å². The van der Waals surface area contributed by atoms with Gasteiger partial charge in [-0.1, -0.05) is 27.7 Å². The molecule has 48 heavy (non-hydrogen) atoms. The average molecular weight is 673 g/mol. The fourth-order valence-electron chi connectivity index (χ4n) is 14.2. The lowest BCUT2D eigenvalue weighted by Crippen LogP contribution is -2.66. The van der Waals surface area contributed by atoms with E-state index in [0.717, 1.165) is 57.8 Å². The summed E-state index contributed by atoms with van der Waals surface area (Å²) in [5.41, 5.74) is 0.122. The number of aliphatic hydroxyl groups is 1. The number of hydrogen-bond acceptors (Lipinski definition) is 7. The second-order valence-electron chi connectivity index (χ2n) is 18.7. The highest BCUT2D eigenvalue weighted by atomic mass is 16.9. The van der Waals surface area contributed by atoms with Crippen molar-refractivity contribution in [2.75, 3.05) is 13.2 Å². The molecule has 272 valence electrons. The van der Waals surface area contributed by atoms with Gasteiger partial charge in [0.1, 0.15) is 5.60 Å². The molecule has 8 aliphatic rings. The molecule has 0 aromatic carbocycles. The molecule has 0 amide bonds. The Morgan fingerprint density at radius 3 is 2.35 bits per heavy atom. The molecule has 3 saturated heterocycles. The van der Waals surface area contributed by atoms with Gasteiger partial charge in [-0.25, -0.2) is 0 Å². The van der Waals surface area contributed by atoms with Crippen LogP contribution < -0.4 is 0 Å². The largest absolute Gasteiger partial charge is 0.481 e. The van der Waals surface area contributed by atoms with Crippen molar-refractivity contribution in [3.63, 3.8) is 0 Å². The first-order valence-electron chi connectivity index (χ1n) is 20.0. The Hall–Kier alpha value is -0.770. The zero-order valence-corrected chi connectivity index (χ0v) is 30.4. The Labute approximate surface area is 288 Å². The number of fused-ring (bicyclic) bond motifs is 6. The fraction of sp³-hybridized carbons (Fsp3) is 0.975. The minimum Gasteiger partial charge on any atom is -0.481 e. The topological polar surface area (TPSA) is 104 Å². The maximum Gasteiger partial charge on any atom is 0.303 e. The van der Waals surface area contributed by atoms with Gasteiger partial charge in [-0.2, -0.15) is 0 Å². The molecule has 0 aromatic rings. The van der Waals surface area contributed by atoms with Crippen LogP contribution in [0.1, 0.15) is 131 Å². The Kier molecular flexibility index (Phi) is 8.89. The third-order valence-electron chi connectivity index (χ3n) is 16.6. The Morgan fingerprint density at radius 1 is 0.812 bits per heavy atom. The zero-order chi connectivity index (χ0) is 33.6. The third kappa shape index (κ3) is 5.30. The summed E-state index contributed by atoms with van der Waals surface area (Å²) in [6.07, 6.45) is 14.8. The first-order chi connectivity index (χ1) is 22.9. The summed E-state index contributed by atoms with van der Waals surface area (Å²) in [5, 5.41) is 20.9. The van der Waals surface area contributed by atoms with Gasteiger partial charge in [0, 0.05) is 24.7 Å². The second kappa shape index (κ2) is 12.4. The molecule has 9 unspecified atom stereocenters. The quantitative estimate of drug-likeness (QED) is 0.242. The van der Waals surface area contributed by atoms with Crippen LogP contribution in [0.15, 0.2) is 0 Å². The molecule has 0 radical (unpaired) electrons. The number of carboxylic acid groups (broad SMARTS) is 1. The van der Waals surface area contributed by atoms with E-state index in [1.54, 1.807) is 0 Å². The highest BCUT2D eigenvalue weighted by molar-refractivity contribution is 5.66. The monoisotopic (exact) mass is 672 g/mol. The summed E-state index contributed by atoms with van der Waals surface area (Å²) in [6, 6.07) is 0. The minimum absolute atomic E-state index is 0.163. The summed E-state index contributed by atoms with van der Waals surface area (Å²) in [6.45, 7) is 12.8. The molecule has 2 bridgehead atoms. The van der Waals surface area contributed by atoms with Gasteiger partial charge >= 0.3 is 5.97 Å². The lowest BCUT2D eigenvalue weighted by Gasteiger charge is -2.62. The van der Waals surface area contributed by atoms with Crippen LogP contribution in [0, 0.1) is 64.1 Å². The van der Waals surface area contributed by atoms with Crippen molar-refractivity contribution < 1.29 is 38.7 Å². The van der Waals surface area contributed by atoms with Gasteiger partial charge < -0.3 is 33.9 Å². The third-order valence-corrected chi connectivity index (χ3v) is 16.6.